The molecule has 0 fully saturated rings. The number of amides is 1. The summed E-state index contributed by atoms with van der Waals surface area (Å²) in [7, 11) is 0. The summed E-state index contributed by atoms with van der Waals surface area (Å²) in [5.74, 6) is -0.0150. The van der Waals surface area contributed by atoms with Gasteiger partial charge in [-0.2, -0.15) is 0 Å². The zero-order valence-corrected chi connectivity index (χ0v) is 58.6. The average molecular weight is 1210 g/mol. The minimum absolute atomic E-state index is 0.0109. The van der Waals surface area contributed by atoms with Crippen LogP contribution in [-0.2, 0) is 14.3 Å². The first-order valence-corrected chi connectivity index (χ1v) is 39.6. The third-order valence-corrected chi connectivity index (χ3v) is 18.7. The number of unbranched alkanes of at least 4 members (excludes halogenated alkanes) is 60. The highest BCUT2D eigenvalue weighted by molar-refractivity contribution is 5.76. The topological polar surface area (TPSA) is 95.9 Å². The summed E-state index contributed by atoms with van der Waals surface area (Å²) >= 11 is 0. The Hall–Kier alpha value is -1.66. The van der Waals surface area contributed by atoms with Crippen LogP contribution in [0.3, 0.4) is 0 Å². The number of hydrogen-bond acceptors (Lipinski definition) is 5. The lowest BCUT2D eigenvalue weighted by Gasteiger charge is -2.22. The minimum Gasteiger partial charge on any atom is -0.466 e. The van der Waals surface area contributed by atoms with Crippen LogP contribution in [0.25, 0.3) is 0 Å². The third-order valence-electron chi connectivity index (χ3n) is 18.7. The van der Waals surface area contributed by atoms with Crippen molar-refractivity contribution in [2.75, 3.05) is 13.2 Å². The van der Waals surface area contributed by atoms with E-state index in [1.807, 2.05) is 0 Å². The highest BCUT2D eigenvalue weighted by Gasteiger charge is 2.20. The number of aliphatic hydroxyl groups excluding tert-OH is 2. The van der Waals surface area contributed by atoms with Crippen molar-refractivity contribution in [2.45, 2.75) is 463 Å². The monoisotopic (exact) mass is 1210 g/mol. The van der Waals surface area contributed by atoms with E-state index in [4.69, 9.17) is 4.74 Å². The van der Waals surface area contributed by atoms with Crippen LogP contribution in [0.15, 0.2) is 24.3 Å². The Morgan fingerprint density at radius 1 is 0.314 bits per heavy atom. The van der Waals surface area contributed by atoms with Crippen LogP contribution in [0.4, 0.5) is 0 Å². The molecule has 0 aliphatic rings. The largest absolute Gasteiger partial charge is 0.466 e. The highest BCUT2D eigenvalue weighted by atomic mass is 16.5. The molecule has 0 bridgehead atoms. The standard InChI is InChI=1S/C80H155NO5/c1-3-5-7-9-11-13-15-17-18-19-20-21-37-40-43-46-49-52-56-60-64-68-72-78(83)77(76-82)81-79(84)73-69-65-61-57-53-50-47-44-41-38-35-33-31-29-27-25-23-22-24-26-28-30-32-34-36-39-42-45-48-51-55-59-63-67-71-75-86-80(85)74-70-66-62-58-54-16-14-12-10-8-6-4-2/h12,14,24,26,77-78,82-83H,3-11,13,15-23,25,27-76H2,1-2H3,(H,81,84)/b14-12-,26-24-. The summed E-state index contributed by atoms with van der Waals surface area (Å²) in [6, 6.07) is -0.540. The number of aliphatic hydroxyl groups is 2. The molecule has 0 rings (SSSR count). The van der Waals surface area contributed by atoms with Gasteiger partial charge in [0.05, 0.1) is 25.4 Å². The second kappa shape index (κ2) is 75.8. The van der Waals surface area contributed by atoms with Gasteiger partial charge in [0, 0.05) is 12.8 Å². The zero-order chi connectivity index (χ0) is 62.0. The van der Waals surface area contributed by atoms with Crippen molar-refractivity contribution >= 4 is 11.9 Å². The molecular weight excluding hydrogens is 1050 g/mol. The summed E-state index contributed by atoms with van der Waals surface area (Å²) in [6.07, 6.45) is 97.0. The van der Waals surface area contributed by atoms with Gasteiger partial charge in [0.1, 0.15) is 0 Å². The molecule has 0 aromatic carbocycles. The molecule has 2 atom stereocenters. The fourth-order valence-electron chi connectivity index (χ4n) is 12.7. The molecule has 0 aliphatic heterocycles. The predicted molar refractivity (Wildman–Crippen MR) is 380 cm³/mol. The van der Waals surface area contributed by atoms with Gasteiger partial charge < -0.3 is 20.3 Å². The Morgan fingerprint density at radius 3 is 0.849 bits per heavy atom. The van der Waals surface area contributed by atoms with E-state index < -0.39 is 12.1 Å². The van der Waals surface area contributed by atoms with Crippen molar-refractivity contribution in [3.8, 4) is 0 Å². The lowest BCUT2D eigenvalue weighted by atomic mass is 10.0. The molecule has 0 saturated carbocycles. The molecule has 0 heterocycles. The van der Waals surface area contributed by atoms with E-state index >= 15 is 0 Å². The molecule has 86 heavy (non-hydrogen) atoms. The molecule has 6 heteroatoms. The van der Waals surface area contributed by atoms with E-state index in [1.165, 1.54) is 372 Å². The lowest BCUT2D eigenvalue weighted by molar-refractivity contribution is -0.143. The van der Waals surface area contributed by atoms with Gasteiger partial charge in [-0.15, -0.1) is 0 Å². The van der Waals surface area contributed by atoms with Gasteiger partial charge in [-0.05, 0) is 77.0 Å². The second-order valence-electron chi connectivity index (χ2n) is 27.4. The second-order valence-corrected chi connectivity index (χ2v) is 27.4. The van der Waals surface area contributed by atoms with E-state index in [-0.39, 0.29) is 18.5 Å². The summed E-state index contributed by atoms with van der Waals surface area (Å²) in [5.41, 5.74) is 0. The molecule has 0 saturated heterocycles. The van der Waals surface area contributed by atoms with E-state index in [1.54, 1.807) is 0 Å². The Kier molecular flexibility index (Phi) is 74.3. The van der Waals surface area contributed by atoms with Crippen LogP contribution in [-0.4, -0.2) is 47.4 Å². The lowest BCUT2D eigenvalue weighted by Crippen LogP contribution is -2.45. The number of allylic oxidation sites excluding steroid dienone is 4. The Labute approximate surface area is 539 Å². The number of carbonyl (C=O) groups is 2. The van der Waals surface area contributed by atoms with Gasteiger partial charge in [-0.25, -0.2) is 0 Å². The van der Waals surface area contributed by atoms with Gasteiger partial charge in [-0.1, -0.05) is 385 Å². The van der Waals surface area contributed by atoms with Crippen molar-refractivity contribution in [1.29, 1.82) is 0 Å². The van der Waals surface area contributed by atoms with Gasteiger partial charge in [0.2, 0.25) is 5.91 Å². The number of esters is 1. The minimum atomic E-state index is -0.663. The molecule has 0 aromatic heterocycles. The van der Waals surface area contributed by atoms with E-state index in [0.29, 0.717) is 25.9 Å². The van der Waals surface area contributed by atoms with Crippen LogP contribution in [0.2, 0.25) is 0 Å². The molecule has 0 radical (unpaired) electrons. The maximum absolute atomic E-state index is 12.6. The van der Waals surface area contributed by atoms with Crippen LogP contribution < -0.4 is 5.32 Å². The number of rotatable bonds is 75. The van der Waals surface area contributed by atoms with Gasteiger partial charge in [-0.3, -0.25) is 9.59 Å². The first-order valence-electron chi connectivity index (χ1n) is 39.6. The first kappa shape index (κ1) is 84.3. The third kappa shape index (κ3) is 71.4. The number of ether oxygens (including phenoxy) is 1. The van der Waals surface area contributed by atoms with Crippen molar-refractivity contribution in [3.63, 3.8) is 0 Å². The Bertz CT molecular complexity index is 1350. The van der Waals surface area contributed by atoms with Crippen molar-refractivity contribution in [1.82, 2.24) is 5.32 Å². The summed E-state index contributed by atoms with van der Waals surface area (Å²) in [4.78, 5) is 24.6. The molecule has 6 nitrogen and oxygen atoms in total. The molecule has 0 aliphatic carbocycles. The molecule has 510 valence electrons. The average Bonchev–Trinajstić information content (AvgIpc) is 3.54. The van der Waals surface area contributed by atoms with Crippen molar-refractivity contribution in [3.05, 3.63) is 24.3 Å². The van der Waals surface area contributed by atoms with Crippen LogP contribution in [0.1, 0.15) is 450 Å². The Balaban J connectivity index is 3.34. The fourth-order valence-corrected chi connectivity index (χ4v) is 12.7. The van der Waals surface area contributed by atoms with Crippen molar-refractivity contribution < 1.29 is 24.5 Å². The van der Waals surface area contributed by atoms with Crippen LogP contribution in [0.5, 0.6) is 0 Å². The highest BCUT2D eigenvalue weighted by Crippen LogP contribution is 2.20. The summed E-state index contributed by atoms with van der Waals surface area (Å²) < 4.78 is 5.48. The van der Waals surface area contributed by atoms with Crippen LogP contribution in [0, 0.1) is 0 Å². The quantitative estimate of drug-likeness (QED) is 0.0320. The molecule has 2 unspecified atom stereocenters. The number of carbonyl (C=O) groups excluding carboxylic acids is 2. The summed E-state index contributed by atoms with van der Waals surface area (Å²) in [6.45, 7) is 4.98. The van der Waals surface area contributed by atoms with Gasteiger partial charge in [0.15, 0.2) is 0 Å². The first-order chi connectivity index (χ1) is 42.5. The van der Waals surface area contributed by atoms with E-state index in [2.05, 4.69) is 43.5 Å². The molecule has 1 amide bonds. The van der Waals surface area contributed by atoms with Gasteiger partial charge in [0.25, 0.3) is 0 Å². The maximum Gasteiger partial charge on any atom is 0.305 e. The van der Waals surface area contributed by atoms with Gasteiger partial charge >= 0.3 is 5.97 Å². The molecule has 0 spiro atoms. The number of nitrogens with one attached hydrogen (secondary N) is 1. The van der Waals surface area contributed by atoms with Crippen molar-refractivity contribution in [2.24, 2.45) is 0 Å². The molecule has 3 N–H and O–H groups in total. The Morgan fingerprint density at radius 2 is 0.547 bits per heavy atom. The predicted octanol–water partition coefficient (Wildman–Crippen LogP) is 26.0. The SMILES string of the molecule is CCCCC/C=C\CCCCCCCC(=O)OCCCCCCCCCCCCCCCC/C=C\CCCCCCCCCCCCCCCCCCCC(=O)NC(CO)C(O)CCCCCCCCCCCCCCCCCCCCCCCC. The van der Waals surface area contributed by atoms with E-state index in [9.17, 15) is 19.8 Å². The normalized spacial score (nSPS) is 12.6. The smallest absolute Gasteiger partial charge is 0.305 e. The summed E-state index contributed by atoms with van der Waals surface area (Å²) in [5, 5.41) is 23.5. The molecular formula is C80H155NO5. The zero-order valence-electron chi connectivity index (χ0n) is 58.6. The molecule has 0 aromatic rings. The fraction of sp³-hybridized carbons (Fsp3) is 0.925. The maximum atomic E-state index is 12.6. The van der Waals surface area contributed by atoms with E-state index in [0.717, 1.165) is 44.9 Å². The number of hydrogen-bond donors (Lipinski definition) is 3. The van der Waals surface area contributed by atoms with Crippen LogP contribution >= 0.6 is 0 Å².